The third-order valence-electron chi connectivity index (χ3n) is 4.91. The van der Waals surface area contributed by atoms with Crippen molar-refractivity contribution >= 4 is 11.8 Å². The van der Waals surface area contributed by atoms with Crippen LogP contribution in [-0.4, -0.2) is 36.6 Å². The Balaban J connectivity index is 1.39. The topological polar surface area (TPSA) is 65.5 Å². The van der Waals surface area contributed by atoms with Crippen LogP contribution in [0.5, 0.6) is 0 Å². The van der Waals surface area contributed by atoms with Crippen molar-refractivity contribution in [1.29, 1.82) is 0 Å². The number of hydrogen-bond donors (Lipinski definition) is 0. The lowest BCUT2D eigenvalue weighted by Gasteiger charge is -2.18. The smallest absolute Gasteiger partial charge is 0.313 e. The highest BCUT2D eigenvalue weighted by Gasteiger charge is 2.16. The number of ether oxygens (including phenoxy) is 2. The summed E-state index contributed by atoms with van der Waals surface area (Å²) in [4.78, 5) is 28.2. The van der Waals surface area contributed by atoms with Gasteiger partial charge in [0, 0.05) is 24.2 Å². The molecule has 3 rings (SSSR count). The van der Waals surface area contributed by atoms with Gasteiger partial charge in [-0.2, -0.15) is 0 Å². The minimum Gasteiger partial charge on any atom is -0.465 e. The summed E-state index contributed by atoms with van der Waals surface area (Å²) in [6.45, 7) is 0.535. The fourth-order valence-corrected chi connectivity index (χ4v) is 3.36. The Kier molecular flexibility index (Phi) is 8.95. The maximum absolute atomic E-state index is 12.1. The molecule has 3 aromatic rings. The Hall–Kier alpha value is -3.31. The number of aromatic nitrogens is 1. The molecular weight excluding hydrogens is 390 g/mol. The first-order valence-corrected chi connectivity index (χ1v) is 10.5. The summed E-state index contributed by atoms with van der Waals surface area (Å²) in [5.74, 6) is -0.673. The summed E-state index contributed by atoms with van der Waals surface area (Å²) in [5.41, 5.74) is 3.24. The monoisotopic (exact) mass is 417 g/mol. The first kappa shape index (κ1) is 22.4. The van der Waals surface area contributed by atoms with Gasteiger partial charge >= 0.3 is 5.97 Å². The Morgan fingerprint density at radius 2 is 1.45 bits per heavy atom. The third kappa shape index (κ3) is 7.79. The van der Waals surface area contributed by atoms with Crippen LogP contribution in [0.3, 0.4) is 0 Å². The minimum absolute atomic E-state index is 0.0986. The quantitative estimate of drug-likeness (QED) is 0.249. The normalized spacial score (nSPS) is 10.7. The molecule has 0 aliphatic rings. The summed E-state index contributed by atoms with van der Waals surface area (Å²) in [6.07, 6.45) is 2.72. The Morgan fingerprint density at radius 1 is 0.806 bits per heavy atom. The van der Waals surface area contributed by atoms with E-state index in [9.17, 15) is 9.59 Å². The van der Waals surface area contributed by atoms with Crippen LogP contribution < -0.4 is 0 Å². The van der Waals surface area contributed by atoms with Crippen LogP contribution in [0, 0.1) is 0 Å². The number of nitrogens with zero attached hydrogens (tertiary/aromatic N) is 1. The van der Waals surface area contributed by atoms with Crippen LogP contribution in [0.25, 0.3) is 0 Å². The molecule has 0 bridgehead atoms. The lowest BCUT2D eigenvalue weighted by Crippen LogP contribution is -2.18. The Bertz CT molecular complexity index is 890. The van der Waals surface area contributed by atoms with E-state index in [0.29, 0.717) is 19.4 Å². The van der Waals surface area contributed by atoms with Gasteiger partial charge in [0.2, 0.25) is 0 Å². The molecule has 0 fully saturated rings. The van der Waals surface area contributed by atoms with Crippen LogP contribution in [-0.2, 0) is 25.5 Å². The molecule has 0 N–H and O–H groups in total. The number of hydrogen-bond acceptors (Lipinski definition) is 5. The number of carbonyl (C=O) groups excluding carboxylic acids is 2. The SMILES string of the molecule is O=C(COCCc1ccccn1)CC(=O)OCCC(c1ccccc1)c1ccccc1. The lowest BCUT2D eigenvalue weighted by molar-refractivity contribution is -0.147. The van der Waals surface area contributed by atoms with Crippen molar-refractivity contribution in [2.75, 3.05) is 19.8 Å². The van der Waals surface area contributed by atoms with Crippen molar-refractivity contribution in [1.82, 2.24) is 4.98 Å². The van der Waals surface area contributed by atoms with Gasteiger partial charge in [-0.15, -0.1) is 0 Å². The van der Waals surface area contributed by atoms with Crippen molar-refractivity contribution in [2.45, 2.75) is 25.2 Å². The molecule has 1 heterocycles. The molecule has 0 saturated heterocycles. The van der Waals surface area contributed by atoms with E-state index in [0.717, 1.165) is 5.69 Å². The van der Waals surface area contributed by atoms with Crippen LogP contribution in [0.2, 0.25) is 0 Å². The van der Waals surface area contributed by atoms with E-state index >= 15 is 0 Å². The van der Waals surface area contributed by atoms with Crippen LogP contribution >= 0.6 is 0 Å². The zero-order valence-electron chi connectivity index (χ0n) is 17.5. The van der Waals surface area contributed by atoms with Gasteiger partial charge in [-0.1, -0.05) is 66.7 Å². The molecule has 5 nitrogen and oxygen atoms in total. The summed E-state index contributed by atoms with van der Waals surface area (Å²) < 4.78 is 10.7. The van der Waals surface area contributed by atoms with Gasteiger partial charge < -0.3 is 9.47 Å². The van der Waals surface area contributed by atoms with Crippen molar-refractivity contribution in [3.63, 3.8) is 0 Å². The zero-order valence-corrected chi connectivity index (χ0v) is 17.5. The van der Waals surface area contributed by atoms with Gasteiger partial charge in [0.1, 0.15) is 13.0 Å². The molecule has 31 heavy (non-hydrogen) atoms. The summed E-state index contributed by atoms with van der Waals surface area (Å²) >= 11 is 0. The number of rotatable bonds is 12. The first-order valence-electron chi connectivity index (χ1n) is 10.5. The van der Waals surface area contributed by atoms with Crippen molar-refractivity contribution in [3.8, 4) is 0 Å². The second-order valence-electron chi connectivity index (χ2n) is 7.22. The molecule has 0 unspecified atom stereocenters. The number of esters is 1. The van der Waals surface area contributed by atoms with Gasteiger partial charge in [-0.05, 0) is 29.7 Å². The average molecular weight is 418 g/mol. The van der Waals surface area contributed by atoms with Crippen LogP contribution in [0.1, 0.15) is 35.6 Å². The second kappa shape index (κ2) is 12.4. The average Bonchev–Trinajstić information content (AvgIpc) is 2.81. The number of ketones is 1. The molecule has 0 saturated carbocycles. The highest BCUT2D eigenvalue weighted by atomic mass is 16.5. The fourth-order valence-electron chi connectivity index (χ4n) is 3.36. The lowest BCUT2D eigenvalue weighted by atomic mass is 9.89. The van der Waals surface area contributed by atoms with E-state index in [1.54, 1.807) is 6.20 Å². The van der Waals surface area contributed by atoms with Gasteiger partial charge in [0.15, 0.2) is 5.78 Å². The molecule has 0 atom stereocenters. The van der Waals surface area contributed by atoms with Gasteiger partial charge in [0.25, 0.3) is 0 Å². The zero-order chi connectivity index (χ0) is 21.7. The second-order valence-corrected chi connectivity index (χ2v) is 7.22. The van der Waals surface area contributed by atoms with E-state index in [-0.39, 0.29) is 31.3 Å². The Labute approximate surface area is 183 Å². The molecule has 0 aliphatic carbocycles. The van der Waals surface area contributed by atoms with Crippen molar-refractivity contribution in [3.05, 3.63) is 102 Å². The fraction of sp³-hybridized carbons (Fsp3) is 0.269. The van der Waals surface area contributed by atoms with Gasteiger partial charge in [-0.3, -0.25) is 14.6 Å². The summed E-state index contributed by atoms with van der Waals surface area (Å²) in [6, 6.07) is 25.9. The van der Waals surface area contributed by atoms with Crippen molar-refractivity contribution < 1.29 is 19.1 Å². The highest BCUT2D eigenvalue weighted by molar-refractivity contribution is 5.96. The highest BCUT2D eigenvalue weighted by Crippen LogP contribution is 2.27. The molecule has 0 spiro atoms. The molecule has 5 heteroatoms. The van der Waals surface area contributed by atoms with Gasteiger partial charge in [0.05, 0.1) is 13.2 Å². The van der Waals surface area contributed by atoms with Crippen LogP contribution in [0.4, 0.5) is 0 Å². The summed E-state index contributed by atoms with van der Waals surface area (Å²) in [5, 5.41) is 0. The number of pyridine rings is 1. The minimum atomic E-state index is -0.516. The molecule has 0 aliphatic heterocycles. The van der Waals surface area contributed by atoms with E-state index < -0.39 is 5.97 Å². The number of Topliss-reactive ketones (excluding diaryl/α,β-unsaturated/α-hetero) is 1. The number of carbonyl (C=O) groups is 2. The maximum atomic E-state index is 12.1. The van der Waals surface area contributed by atoms with E-state index in [1.807, 2.05) is 54.6 Å². The Morgan fingerprint density at radius 3 is 2.06 bits per heavy atom. The molecule has 2 aromatic carbocycles. The predicted octanol–water partition coefficient (Wildman–Crippen LogP) is 4.37. The van der Waals surface area contributed by atoms with Crippen molar-refractivity contribution in [2.24, 2.45) is 0 Å². The molecule has 160 valence electrons. The molecule has 0 radical (unpaired) electrons. The molecular formula is C26H27NO4. The number of benzene rings is 2. The predicted molar refractivity (Wildman–Crippen MR) is 119 cm³/mol. The first-order chi connectivity index (χ1) is 15.2. The van der Waals surface area contributed by atoms with E-state index in [1.165, 1.54) is 11.1 Å². The largest absolute Gasteiger partial charge is 0.465 e. The van der Waals surface area contributed by atoms with E-state index in [2.05, 4.69) is 29.2 Å². The molecule has 0 amide bonds. The third-order valence-corrected chi connectivity index (χ3v) is 4.91. The van der Waals surface area contributed by atoms with Gasteiger partial charge in [-0.25, -0.2) is 0 Å². The van der Waals surface area contributed by atoms with Crippen LogP contribution in [0.15, 0.2) is 85.1 Å². The summed E-state index contributed by atoms with van der Waals surface area (Å²) in [7, 11) is 0. The maximum Gasteiger partial charge on any atom is 0.313 e. The molecule has 1 aromatic heterocycles. The van der Waals surface area contributed by atoms with E-state index in [4.69, 9.17) is 9.47 Å². The standard InChI is InChI=1S/C26H27NO4/c28-24(20-30-17-14-23-13-7-8-16-27-23)19-26(29)31-18-15-25(21-9-3-1-4-10-21)22-11-5-2-6-12-22/h1-13,16,25H,14-15,17-20H2.